The van der Waals surface area contributed by atoms with E-state index in [0.29, 0.717) is 23.4 Å². The van der Waals surface area contributed by atoms with Crippen LogP contribution in [0.4, 0.5) is 0 Å². The third kappa shape index (κ3) is 2.97. The number of halogens is 1. The van der Waals surface area contributed by atoms with Crippen molar-refractivity contribution in [3.63, 3.8) is 0 Å². The number of hydrogen-bond donors (Lipinski definition) is 1. The fraction of sp³-hybridized carbons (Fsp3) is 0.357. The molecule has 0 radical (unpaired) electrons. The van der Waals surface area contributed by atoms with E-state index in [-0.39, 0.29) is 0 Å². The molecule has 0 saturated carbocycles. The van der Waals surface area contributed by atoms with Crippen LogP contribution in [0.2, 0.25) is 5.02 Å². The van der Waals surface area contributed by atoms with Gasteiger partial charge in [0.2, 0.25) is 0 Å². The Labute approximate surface area is 116 Å². The minimum atomic E-state index is 0.417. The van der Waals surface area contributed by atoms with Crippen LogP contribution in [0.5, 0.6) is 0 Å². The highest BCUT2D eigenvalue weighted by molar-refractivity contribution is 6.33. The topological polar surface area (TPSA) is 47.3 Å². The maximum atomic E-state index is 6.13. The summed E-state index contributed by atoms with van der Waals surface area (Å²) >= 11 is 6.13. The van der Waals surface area contributed by atoms with E-state index in [0.717, 1.165) is 30.9 Å². The number of rotatable bonds is 4. The summed E-state index contributed by atoms with van der Waals surface area (Å²) in [6, 6.07) is 9.92. The summed E-state index contributed by atoms with van der Waals surface area (Å²) in [4.78, 5) is 0. The van der Waals surface area contributed by atoms with Crippen molar-refractivity contribution in [2.24, 2.45) is 0 Å². The van der Waals surface area contributed by atoms with Crippen molar-refractivity contribution in [2.45, 2.75) is 19.0 Å². The molecule has 1 aliphatic heterocycles. The van der Waals surface area contributed by atoms with Crippen LogP contribution in [0.3, 0.4) is 0 Å². The molecule has 4 nitrogen and oxygen atoms in total. The Morgan fingerprint density at radius 3 is 3.05 bits per heavy atom. The Bertz CT molecular complexity index is 550. The van der Waals surface area contributed by atoms with Gasteiger partial charge in [0.1, 0.15) is 0 Å². The van der Waals surface area contributed by atoms with Crippen LogP contribution in [0, 0.1) is 0 Å². The minimum absolute atomic E-state index is 0.417. The molecule has 5 heteroatoms. The smallest absolute Gasteiger partial charge is 0.168 e. The Hall–Kier alpha value is -1.36. The number of ether oxygens (including phenoxy) is 1. The van der Waals surface area contributed by atoms with Crippen LogP contribution in [0.15, 0.2) is 34.9 Å². The Morgan fingerprint density at radius 1 is 1.37 bits per heavy atom. The van der Waals surface area contributed by atoms with Gasteiger partial charge in [0.25, 0.3) is 0 Å². The standard InChI is InChI=1S/C14H15ClN2O2/c15-13-4-2-1-3-12(13)14-7-11(17-19-14)8-16-10-5-6-18-9-10/h1-4,7,10,16H,5-6,8-9H2/t10-/m0/s1. The second kappa shape index (κ2) is 5.74. The van der Waals surface area contributed by atoms with Gasteiger partial charge in [-0.1, -0.05) is 28.9 Å². The molecule has 1 atom stereocenters. The first-order chi connectivity index (χ1) is 9.33. The maximum absolute atomic E-state index is 6.13. The zero-order valence-electron chi connectivity index (χ0n) is 10.4. The van der Waals surface area contributed by atoms with E-state index in [1.54, 1.807) is 0 Å². The van der Waals surface area contributed by atoms with E-state index in [9.17, 15) is 0 Å². The average molecular weight is 279 g/mol. The highest BCUT2D eigenvalue weighted by Crippen LogP contribution is 2.27. The van der Waals surface area contributed by atoms with Crippen molar-refractivity contribution < 1.29 is 9.26 Å². The lowest BCUT2D eigenvalue weighted by molar-refractivity contribution is 0.189. The average Bonchev–Trinajstić information content (AvgIpc) is 3.08. The van der Waals surface area contributed by atoms with Gasteiger partial charge >= 0.3 is 0 Å². The Morgan fingerprint density at radius 2 is 2.26 bits per heavy atom. The summed E-state index contributed by atoms with van der Waals surface area (Å²) in [5.74, 6) is 0.699. The first kappa shape index (κ1) is 12.7. The van der Waals surface area contributed by atoms with Crippen molar-refractivity contribution >= 4 is 11.6 Å². The molecule has 1 aromatic carbocycles. The third-order valence-corrected chi connectivity index (χ3v) is 3.53. The summed E-state index contributed by atoms with van der Waals surface area (Å²) in [5, 5.41) is 8.12. The largest absolute Gasteiger partial charge is 0.380 e. The van der Waals surface area contributed by atoms with Crippen molar-refractivity contribution in [3.05, 3.63) is 41.0 Å². The second-order valence-corrected chi connectivity index (χ2v) is 5.01. The van der Waals surface area contributed by atoms with Crippen LogP contribution in [-0.2, 0) is 11.3 Å². The van der Waals surface area contributed by atoms with Crippen LogP contribution < -0.4 is 5.32 Å². The molecule has 0 unspecified atom stereocenters. The molecule has 100 valence electrons. The molecule has 1 saturated heterocycles. The number of benzene rings is 1. The molecule has 2 aromatic rings. The quantitative estimate of drug-likeness (QED) is 0.934. The molecule has 3 rings (SSSR count). The van der Waals surface area contributed by atoms with Gasteiger partial charge in [-0.3, -0.25) is 0 Å². The van der Waals surface area contributed by atoms with Gasteiger partial charge in [-0.05, 0) is 18.6 Å². The lowest BCUT2D eigenvalue weighted by atomic mass is 10.1. The third-order valence-electron chi connectivity index (χ3n) is 3.20. The molecule has 1 N–H and O–H groups in total. The van der Waals surface area contributed by atoms with Crippen LogP contribution in [-0.4, -0.2) is 24.4 Å². The number of hydrogen-bond acceptors (Lipinski definition) is 4. The second-order valence-electron chi connectivity index (χ2n) is 4.60. The van der Waals surface area contributed by atoms with Crippen LogP contribution in [0.1, 0.15) is 12.1 Å². The molecule has 0 aliphatic carbocycles. The van der Waals surface area contributed by atoms with Gasteiger partial charge in [0, 0.05) is 30.8 Å². The van der Waals surface area contributed by atoms with Gasteiger partial charge in [0.05, 0.1) is 17.3 Å². The van der Waals surface area contributed by atoms with E-state index >= 15 is 0 Å². The molecule has 0 amide bonds. The van der Waals surface area contributed by atoms with Crippen LogP contribution in [0.25, 0.3) is 11.3 Å². The van der Waals surface area contributed by atoms with Gasteiger partial charge in [-0.25, -0.2) is 0 Å². The van der Waals surface area contributed by atoms with Crippen molar-refractivity contribution in [3.8, 4) is 11.3 Å². The normalized spacial score (nSPS) is 18.9. The first-order valence-electron chi connectivity index (χ1n) is 6.34. The molecule has 0 bridgehead atoms. The number of nitrogens with one attached hydrogen (secondary N) is 1. The summed E-state index contributed by atoms with van der Waals surface area (Å²) in [5.41, 5.74) is 1.74. The monoisotopic (exact) mass is 278 g/mol. The highest BCUT2D eigenvalue weighted by atomic mass is 35.5. The van der Waals surface area contributed by atoms with Gasteiger partial charge in [-0.15, -0.1) is 0 Å². The number of aromatic nitrogens is 1. The van der Waals surface area contributed by atoms with Crippen LogP contribution >= 0.6 is 11.6 Å². The molecule has 1 fully saturated rings. The predicted molar refractivity (Wildman–Crippen MR) is 73.0 cm³/mol. The molecule has 19 heavy (non-hydrogen) atoms. The summed E-state index contributed by atoms with van der Waals surface area (Å²) in [6.45, 7) is 2.29. The highest BCUT2D eigenvalue weighted by Gasteiger charge is 2.16. The fourth-order valence-electron chi connectivity index (χ4n) is 2.13. The van der Waals surface area contributed by atoms with E-state index in [4.69, 9.17) is 20.9 Å². The van der Waals surface area contributed by atoms with Crippen molar-refractivity contribution in [1.29, 1.82) is 0 Å². The van der Waals surface area contributed by atoms with E-state index < -0.39 is 0 Å². The SMILES string of the molecule is Clc1ccccc1-c1cc(CN[C@H]2CCOC2)no1. The zero-order valence-corrected chi connectivity index (χ0v) is 11.2. The van der Waals surface area contributed by atoms with Gasteiger partial charge < -0.3 is 14.6 Å². The summed E-state index contributed by atoms with van der Waals surface area (Å²) < 4.78 is 10.7. The molecule has 1 aromatic heterocycles. The lowest BCUT2D eigenvalue weighted by Gasteiger charge is -2.07. The molecule has 2 heterocycles. The lowest BCUT2D eigenvalue weighted by Crippen LogP contribution is -2.28. The van der Waals surface area contributed by atoms with Gasteiger partial charge in [-0.2, -0.15) is 0 Å². The van der Waals surface area contributed by atoms with E-state index in [1.165, 1.54) is 0 Å². The van der Waals surface area contributed by atoms with Crippen molar-refractivity contribution in [2.75, 3.05) is 13.2 Å². The van der Waals surface area contributed by atoms with Gasteiger partial charge in [0.15, 0.2) is 5.76 Å². The van der Waals surface area contributed by atoms with Crippen molar-refractivity contribution in [1.82, 2.24) is 10.5 Å². The fourth-order valence-corrected chi connectivity index (χ4v) is 2.36. The van der Waals surface area contributed by atoms with E-state index in [1.807, 2.05) is 30.3 Å². The van der Waals surface area contributed by atoms with E-state index in [2.05, 4.69) is 10.5 Å². The molecule has 1 aliphatic rings. The maximum Gasteiger partial charge on any atom is 0.168 e. The first-order valence-corrected chi connectivity index (χ1v) is 6.72. The Kier molecular flexibility index (Phi) is 3.82. The summed E-state index contributed by atoms with van der Waals surface area (Å²) in [7, 11) is 0. The zero-order chi connectivity index (χ0) is 13.1. The predicted octanol–water partition coefficient (Wildman–Crippen LogP) is 2.87. The molecule has 0 spiro atoms. The minimum Gasteiger partial charge on any atom is -0.380 e. The Balaban J connectivity index is 1.67. The number of nitrogens with zero attached hydrogens (tertiary/aromatic N) is 1. The molecular weight excluding hydrogens is 264 g/mol. The summed E-state index contributed by atoms with van der Waals surface area (Å²) in [6.07, 6.45) is 1.05. The molecular formula is C14H15ClN2O2.